The number of amides is 2. The lowest BCUT2D eigenvalue weighted by molar-refractivity contribution is -0.131. The maximum atomic E-state index is 13.3. The van der Waals surface area contributed by atoms with Crippen LogP contribution in [0, 0.1) is 0 Å². The number of fused-ring (bicyclic) bond motifs is 1. The van der Waals surface area contributed by atoms with Gasteiger partial charge in [0.1, 0.15) is 17.0 Å². The number of ether oxygens (including phenoxy) is 2. The van der Waals surface area contributed by atoms with E-state index in [4.69, 9.17) is 9.47 Å². The van der Waals surface area contributed by atoms with Crippen LogP contribution in [0.25, 0.3) is 10.2 Å². The molecule has 12 nitrogen and oxygen atoms in total. The van der Waals surface area contributed by atoms with Crippen molar-refractivity contribution in [2.45, 2.75) is 68.9 Å². The first-order chi connectivity index (χ1) is 26.6. The van der Waals surface area contributed by atoms with Gasteiger partial charge in [0.05, 0.1) is 41.5 Å². The molecule has 298 valence electrons. The van der Waals surface area contributed by atoms with Gasteiger partial charge in [-0.2, -0.15) is 0 Å². The number of nitrogens with one attached hydrogen (secondary N) is 2. The van der Waals surface area contributed by atoms with Gasteiger partial charge in [-0.05, 0) is 61.6 Å². The second-order valence-electron chi connectivity index (χ2n) is 14.7. The van der Waals surface area contributed by atoms with E-state index in [0.29, 0.717) is 76.1 Å². The van der Waals surface area contributed by atoms with Gasteiger partial charge in [0.25, 0.3) is 5.91 Å². The van der Waals surface area contributed by atoms with Crippen molar-refractivity contribution in [2.75, 3.05) is 78.4 Å². The molecule has 2 aromatic carbocycles. The number of thioether (sulfide) groups is 1. The molecule has 0 bridgehead atoms. The molecule has 0 unspecified atom stereocenters. The van der Waals surface area contributed by atoms with Crippen molar-refractivity contribution in [2.24, 2.45) is 0 Å². The smallest absolute Gasteiger partial charge is 0.305 e. The number of phenolic OH excluding ortho intramolecular Hbond substituents is 1. The molecule has 3 N–H and O–H groups in total. The molecule has 2 saturated heterocycles. The van der Waals surface area contributed by atoms with Crippen molar-refractivity contribution in [1.82, 2.24) is 30.0 Å². The van der Waals surface area contributed by atoms with Crippen LogP contribution >= 0.6 is 34.4 Å². The van der Waals surface area contributed by atoms with Crippen LogP contribution in [0.3, 0.4) is 0 Å². The van der Waals surface area contributed by atoms with E-state index in [-0.39, 0.29) is 28.0 Å². The molecule has 2 aliphatic heterocycles. The van der Waals surface area contributed by atoms with Crippen LogP contribution in [0.1, 0.15) is 72.1 Å². The fraction of sp³-hybridized carbons (Fsp3) is 0.550. The lowest BCUT2D eigenvalue weighted by Crippen LogP contribution is -2.58. The number of H-pyrrole nitrogens is 1. The number of hydrogen-bond acceptors (Lipinski definition) is 12. The number of likely N-dealkylation sites (N-methyl/N-ethyl adjacent to an activating group) is 1. The SMILES string of the molecule is CC(C)c1nc(C(=O)N2CCOC3(CCN(Cc4cccc(SCCCOCCC(=O)N(C)CCNCCc5ccc(O)c6[nH]c(=O)sc56)c4)CC3)C2)cs1. The van der Waals surface area contributed by atoms with Crippen molar-refractivity contribution >= 4 is 56.5 Å². The van der Waals surface area contributed by atoms with Gasteiger partial charge < -0.3 is 34.7 Å². The van der Waals surface area contributed by atoms with Gasteiger partial charge in [0, 0.05) is 74.9 Å². The second-order valence-corrected chi connectivity index (χ2v) is 17.8. The molecule has 0 aliphatic carbocycles. The Balaban J connectivity index is 0.813. The molecule has 6 rings (SSSR count). The molecular formula is C40H54N6O6S3. The number of aromatic hydroxyl groups is 1. The van der Waals surface area contributed by atoms with Crippen molar-refractivity contribution in [1.29, 1.82) is 0 Å². The topological polar surface area (TPSA) is 140 Å². The van der Waals surface area contributed by atoms with Gasteiger partial charge in [-0.25, -0.2) is 4.98 Å². The molecule has 2 aliphatic rings. The van der Waals surface area contributed by atoms with Crippen LogP contribution in [-0.4, -0.2) is 126 Å². The van der Waals surface area contributed by atoms with Crippen LogP contribution < -0.4 is 10.2 Å². The fourth-order valence-electron chi connectivity index (χ4n) is 7.04. The summed E-state index contributed by atoms with van der Waals surface area (Å²) in [5, 5.41) is 16.2. The maximum Gasteiger partial charge on any atom is 0.305 e. The van der Waals surface area contributed by atoms with Crippen molar-refractivity contribution in [3.8, 4) is 5.75 Å². The van der Waals surface area contributed by atoms with E-state index >= 15 is 0 Å². The first-order valence-electron chi connectivity index (χ1n) is 19.3. The Kier molecular flexibility index (Phi) is 14.8. The molecule has 2 fully saturated rings. The summed E-state index contributed by atoms with van der Waals surface area (Å²) in [6.45, 7) is 11.8. The maximum absolute atomic E-state index is 13.3. The highest BCUT2D eigenvalue weighted by Crippen LogP contribution is 2.32. The highest BCUT2D eigenvalue weighted by Gasteiger charge is 2.41. The standard InChI is InChI=1S/C40H54N6O6S3/c1-28(2)37-42-32(26-54-37)38(49)46-19-22-52-40(27-46)12-16-45(17-13-40)25-29-6-4-7-31(24-29)53-23-5-20-51-21-11-34(48)44(3)18-15-41-14-10-30-8-9-33(47)35-36(30)55-39(50)43-35/h4,6-9,24,26,28,41,47H,5,10-23,25,27H2,1-3H3,(H,43,50). The number of morpholine rings is 1. The minimum absolute atomic E-state index is 0.0233. The average Bonchev–Trinajstić information content (AvgIpc) is 3.84. The molecule has 0 radical (unpaired) electrons. The van der Waals surface area contributed by atoms with Gasteiger partial charge in [0.15, 0.2) is 0 Å². The van der Waals surface area contributed by atoms with E-state index in [1.54, 1.807) is 22.3 Å². The molecule has 0 saturated carbocycles. The highest BCUT2D eigenvalue weighted by atomic mass is 32.2. The Bertz CT molecular complexity index is 1940. The predicted molar refractivity (Wildman–Crippen MR) is 221 cm³/mol. The number of phenols is 1. The molecule has 55 heavy (non-hydrogen) atoms. The second kappa shape index (κ2) is 19.7. The summed E-state index contributed by atoms with van der Waals surface area (Å²) in [5.74, 6) is 1.43. The monoisotopic (exact) mass is 810 g/mol. The highest BCUT2D eigenvalue weighted by molar-refractivity contribution is 7.99. The Morgan fingerprint density at radius 1 is 1.16 bits per heavy atom. The van der Waals surface area contributed by atoms with Crippen molar-refractivity contribution in [3.05, 3.63) is 73.3 Å². The zero-order valence-electron chi connectivity index (χ0n) is 32.1. The van der Waals surface area contributed by atoms with Gasteiger partial charge in [-0.1, -0.05) is 43.4 Å². The molecule has 0 atom stereocenters. The minimum Gasteiger partial charge on any atom is -0.506 e. The summed E-state index contributed by atoms with van der Waals surface area (Å²) in [7, 11) is 1.81. The van der Waals surface area contributed by atoms with E-state index in [9.17, 15) is 19.5 Å². The third-order valence-electron chi connectivity index (χ3n) is 10.3. The summed E-state index contributed by atoms with van der Waals surface area (Å²) in [6.07, 6.45) is 3.80. The predicted octanol–water partition coefficient (Wildman–Crippen LogP) is 5.56. The van der Waals surface area contributed by atoms with Crippen LogP contribution in [-0.2, 0) is 27.2 Å². The lowest BCUT2D eigenvalue weighted by Gasteiger charge is -2.47. The average molecular weight is 811 g/mol. The number of rotatable bonds is 18. The molecule has 15 heteroatoms. The first kappa shape index (κ1) is 41.3. The van der Waals surface area contributed by atoms with Gasteiger partial charge >= 0.3 is 4.87 Å². The Hall–Kier alpha value is -3.31. The summed E-state index contributed by atoms with van der Waals surface area (Å²) in [5.41, 5.74) is 3.09. The molecule has 1 spiro atoms. The Morgan fingerprint density at radius 2 is 2.00 bits per heavy atom. The van der Waals surface area contributed by atoms with E-state index < -0.39 is 0 Å². The normalized spacial score (nSPS) is 16.0. The van der Waals surface area contributed by atoms with Crippen LogP contribution in [0.5, 0.6) is 5.75 Å². The third kappa shape index (κ3) is 11.4. The summed E-state index contributed by atoms with van der Waals surface area (Å²) < 4.78 is 12.9. The Labute approximate surface area is 335 Å². The molecule has 4 heterocycles. The molecular weight excluding hydrogens is 757 g/mol. The summed E-state index contributed by atoms with van der Waals surface area (Å²) in [4.78, 5) is 52.1. The van der Waals surface area contributed by atoms with E-state index in [2.05, 4.69) is 58.3 Å². The zero-order valence-corrected chi connectivity index (χ0v) is 34.6. The number of aromatic nitrogens is 2. The number of aromatic amines is 1. The number of piperidine rings is 1. The largest absolute Gasteiger partial charge is 0.506 e. The number of likely N-dealkylation sites (tertiary alicyclic amines) is 1. The van der Waals surface area contributed by atoms with E-state index in [1.807, 2.05) is 35.2 Å². The number of carbonyl (C=O) groups excluding carboxylic acids is 2. The number of benzene rings is 2. The third-order valence-corrected chi connectivity index (χ3v) is 13.4. The Morgan fingerprint density at radius 3 is 2.80 bits per heavy atom. The first-order valence-corrected chi connectivity index (χ1v) is 22.0. The van der Waals surface area contributed by atoms with E-state index in [1.165, 1.54) is 10.5 Å². The van der Waals surface area contributed by atoms with Crippen molar-refractivity contribution in [3.63, 3.8) is 0 Å². The number of carbonyl (C=O) groups is 2. The molecule has 2 amide bonds. The van der Waals surface area contributed by atoms with Crippen LogP contribution in [0.4, 0.5) is 0 Å². The molecule has 2 aromatic heterocycles. The zero-order chi connectivity index (χ0) is 38.8. The van der Waals surface area contributed by atoms with Gasteiger partial charge in [0.2, 0.25) is 5.91 Å². The quantitative estimate of drug-likeness (QED) is 0.0865. The number of hydrogen-bond donors (Lipinski definition) is 3. The van der Waals surface area contributed by atoms with Gasteiger partial charge in [-0.15, -0.1) is 23.1 Å². The molecule has 4 aromatic rings. The van der Waals surface area contributed by atoms with Crippen LogP contribution in [0.15, 0.2) is 51.5 Å². The summed E-state index contributed by atoms with van der Waals surface area (Å²) >= 11 is 4.51. The fourth-order valence-corrected chi connectivity index (χ4v) is 9.65. The van der Waals surface area contributed by atoms with E-state index in [0.717, 1.165) is 77.7 Å². The van der Waals surface area contributed by atoms with Crippen LogP contribution in [0.2, 0.25) is 0 Å². The lowest BCUT2D eigenvalue weighted by atomic mass is 9.89. The summed E-state index contributed by atoms with van der Waals surface area (Å²) in [6, 6.07) is 12.2. The number of nitrogens with zero attached hydrogens (tertiary/aromatic N) is 4. The van der Waals surface area contributed by atoms with Gasteiger partial charge in [-0.3, -0.25) is 19.3 Å². The minimum atomic E-state index is -0.276. The number of thiazole rings is 2. The van der Waals surface area contributed by atoms with Crippen molar-refractivity contribution < 1.29 is 24.2 Å².